The van der Waals surface area contributed by atoms with Crippen molar-refractivity contribution >= 4 is 39.3 Å². The highest BCUT2D eigenvalue weighted by Crippen LogP contribution is 2.59. The smallest absolute Gasteiger partial charge is 0.473 e. The number of aliphatic hydroxyl groups excluding tert-OH is 1. The second-order valence-corrected chi connectivity index (χ2v) is 28.4. The number of phosphoric ester groups is 2. The van der Waals surface area contributed by atoms with Crippen LogP contribution in [0.4, 0.5) is 0 Å². The molecule has 0 unspecified atom stereocenters. The zero-order valence-corrected chi connectivity index (χ0v) is 53.4. The molecule has 8 atom stereocenters. The molecule has 0 radical (unpaired) electrons. The fourth-order valence-electron chi connectivity index (χ4n) is 13.5. The van der Waals surface area contributed by atoms with Gasteiger partial charge in [-0.1, -0.05) is 0 Å². The summed E-state index contributed by atoms with van der Waals surface area (Å²) in [5.74, 6) is 1.63. The fourth-order valence-corrected chi connectivity index (χ4v) is 15.5. The Morgan fingerprint density at radius 3 is 0.934 bits per heavy atom. The van der Waals surface area contributed by atoms with Crippen LogP contribution in [0.1, 0.15) is 175 Å². The fraction of sp³-hybridized carbons (Fsp3) is 0.500. The molecule has 4 N–H and O–H groups in total. The summed E-state index contributed by atoms with van der Waals surface area (Å²) in [6.45, 7) is 15.6. The standard InChI is InChI=1S/C32H35N4O8P.C16H19N2O6P.C16H18N2O3/c1-31(2)29(27(35-13-5-7-25(35)37)21-15-19(17-33)9-11-23(21)41-31)43-45(39,40)44-30-28(36-14-6-8-26(36)38)22-16-20(18-34)10-12-24(22)42-32(30,3)4;1-16(2)15(24-25(20,21)22)14(18-7-3-4-13(18)19)11-8-10(9-17)5-6-12(11)23-16;1-16(2)15(20)14(18-7-3-4-13(18)19)11-8-10(9-17)5-6-12(11)21-16/h9-12,15-16,27-30H,5-8,13-14H2,1-4H3,(H,39,40);5-6,8,14-15H,3-4,7H2,1-2H3,(H2,20,21,22);5-6,8,14-15,20H,3-4,7H2,1-2H3/t27-,28-,29+,30+;2*14-,15+/m111/s1. The number of carbonyl (C=O) groups excluding carboxylic acids is 4. The molecule has 4 aromatic rings. The average Bonchev–Trinajstić information content (AvgIpc) is 1.57. The van der Waals surface area contributed by atoms with Gasteiger partial charge in [0.25, 0.3) is 0 Å². The molecule has 8 heterocycles. The van der Waals surface area contributed by atoms with Gasteiger partial charge in [0.1, 0.15) is 69.8 Å². The van der Waals surface area contributed by atoms with Gasteiger partial charge < -0.3 is 58.3 Å². The molecule has 480 valence electrons. The summed E-state index contributed by atoms with van der Waals surface area (Å²) in [5.41, 5.74) is -0.526. The zero-order chi connectivity index (χ0) is 65.9. The minimum atomic E-state index is -5.01. The van der Waals surface area contributed by atoms with E-state index in [2.05, 4.69) is 18.2 Å². The summed E-state index contributed by atoms with van der Waals surface area (Å²) in [6, 6.07) is 25.2. The number of benzene rings is 4. The summed E-state index contributed by atoms with van der Waals surface area (Å²) >= 11 is 0. The molecule has 4 amide bonds. The Hall–Kier alpha value is -7.90. The van der Waals surface area contributed by atoms with E-state index < -0.39 is 86.6 Å². The van der Waals surface area contributed by atoms with E-state index in [4.69, 9.17) is 37.8 Å². The van der Waals surface area contributed by atoms with Gasteiger partial charge in [-0.2, -0.15) is 21.0 Å². The monoisotopic (exact) mass is 1290 g/mol. The third-order valence-electron chi connectivity index (χ3n) is 17.8. The Labute approximate surface area is 526 Å². The second kappa shape index (κ2) is 25.0. The number of nitriles is 4. The molecule has 91 heavy (non-hydrogen) atoms. The number of rotatable bonds is 10. The van der Waals surface area contributed by atoms with Crippen molar-refractivity contribution in [1.29, 1.82) is 21.0 Å². The average molecular weight is 1290 g/mol. The number of amides is 4. The van der Waals surface area contributed by atoms with E-state index in [1.165, 1.54) is 0 Å². The molecule has 8 aliphatic rings. The highest BCUT2D eigenvalue weighted by molar-refractivity contribution is 7.47. The van der Waals surface area contributed by atoms with Crippen LogP contribution in [0.25, 0.3) is 0 Å². The number of hydrogen-bond donors (Lipinski definition) is 4. The lowest BCUT2D eigenvalue weighted by molar-refractivity contribution is -0.145. The first kappa shape index (κ1) is 66.0. The van der Waals surface area contributed by atoms with Crippen molar-refractivity contribution in [3.63, 3.8) is 0 Å². The number of phosphoric acid groups is 2. The summed E-state index contributed by atoms with van der Waals surface area (Å²) in [7, 11) is -9.84. The Morgan fingerprint density at radius 1 is 0.429 bits per heavy atom. The van der Waals surface area contributed by atoms with Crippen molar-refractivity contribution in [2.75, 3.05) is 26.2 Å². The van der Waals surface area contributed by atoms with Crippen molar-refractivity contribution in [2.45, 2.75) is 178 Å². The van der Waals surface area contributed by atoms with Crippen LogP contribution < -0.4 is 18.9 Å². The van der Waals surface area contributed by atoms with Gasteiger partial charge in [-0.05, 0) is 154 Å². The Morgan fingerprint density at radius 2 is 0.681 bits per heavy atom. The lowest BCUT2D eigenvalue weighted by Gasteiger charge is -2.49. The molecule has 0 aliphatic carbocycles. The minimum absolute atomic E-state index is 0.0464. The molecule has 0 saturated carbocycles. The van der Waals surface area contributed by atoms with Gasteiger partial charge in [0.2, 0.25) is 23.6 Å². The lowest BCUT2D eigenvalue weighted by atomic mass is 9.85. The van der Waals surface area contributed by atoms with Crippen molar-refractivity contribution in [1.82, 2.24) is 19.6 Å². The van der Waals surface area contributed by atoms with Crippen LogP contribution in [0, 0.1) is 45.3 Å². The maximum absolute atomic E-state index is 14.2. The topological polar surface area (TPSA) is 356 Å². The molecule has 0 spiro atoms. The molecule has 0 bridgehead atoms. The first-order valence-corrected chi connectivity index (χ1v) is 33.0. The van der Waals surface area contributed by atoms with Crippen LogP contribution in [0.5, 0.6) is 23.0 Å². The number of ether oxygens (including phenoxy) is 4. The second-order valence-electron chi connectivity index (χ2n) is 25.8. The molecule has 4 aromatic carbocycles. The van der Waals surface area contributed by atoms with Crippen LogP contribution in [0.3, 0.4) is 0 Å². The van der Waals surface area contributed by atoms with Crippen molar-refractivity contribution in [3.05, 3.63) is 117 Å². The third-order valence-corrected chi connectivity index (χ3v) is 19.3. The van der Waals surface area contributed by atoms with Crippen molar-refractivity contribution in [3.8, 4) is 47.3 Å². The molecule has 0 aromatic heterocycles. The van der Waals surface area contributed by atoms with Crippen molar-refractivity contribution in [2.24, 2.45) is 0 Å². The highest BCUT2D eigenvalue weighted by atomic mass is 31.2. The van der Waals surface area contributed by atoms with Gasteiger partial charge in [-0.15, -0.1) is 0 Å². The predicted octanol–water partition coefficient (Wildman–Crippen LogP) is 8.29. The van der Waals surface area contributed by atoms with Gasteiger partial charge in [0.05, 0.1) is 70.7 Å². The van der Waals surface area contributed by atoms with E-state index in [1.54, 1.807) is 134 Å². The molecule has 8 aliphatic heterocycles. The summed E-state index contributed by atoms with van der Waals surface area (Å²) < 4.78 is 67.1. The van der Waals surface area contributed by atoms with Crippen LogP contribution in [-0.4, -0.2) is 136 Å². The molecule has 25 nitrogen and oxygen atoms in total. The zero-order valence-electron chi connectivity index (χ0n) is 51.6. The van der Waals surface area contributed by atoms with E-state index in [1.807, 2.05) is 19.9 Å². The molecular formula is C64H72N8O17P2. The van der Waals surface area contributed by atoms with E-state index in [-0.39, 0.29) is 23.6 Å². The molecule has 4 fully saturated rings. The number of fused-ring (bicyclic) bond motifs is 4. The molecule has 12 rings (SSSR count). The van der Waals surface area contributed by atoms with Gasteiger partial charge in [-0.3, -0.25) is 32.7 Å². The quantitative estimate of drug-likeness (QED) is 0.108. The number of likely N-dealkylation sites (tertiary alicyclic amines) is 4. The largest absolute Gasteiger partial charge is 0.485 e. The maximum atomic E-state index is 14.2. The first-order chi connectivity index (χ1) is 42.8. The lowest BCUT2D eigenvalue weighted by Crippen LogP contribution is -2.56. The Balaban J connectivity index is 0.000000166. The van der Waals surface area contributed by atoms with Gasteiger partial charge in [0.15, 0.2) is 0 Å². The normalized spacial score (nSPS) is 26.4. The predicted molar refractivity (Wildman–Crippen MR) is 321 cm³/mol. The van der Waals surface area contributed by atoms with E-state index in [9.17, 15) is 63.9 Å². The van der Waals surface area contributed by atoms with E-state index >= 15 is 0 Å². The number of aliphatic hydroxyl groups is 1. The maximum Gasteiger partial charge on any atom is 0.473 e. The Kier molecular flexibility index (Phi) is 18.1. The van der Waals surface area contributed by atoms with Crippen LogP contribution >= 0.6 is 15.6 Å². The summed E-state index contributed by atoms with van der Waals surface area (Å²) in [4.78, 5) is 87.3. The number of nitrogens with zero attached hydrogens (tertiary/aromatic N) is 8. The van der Waals surface area contributed by atoms with E-state index in [0.717, 1.165) is 12.0 Å². The van der Waals surface area contributed by atoms with Crippen LogP contribution in [-0.2, 0) is 41.9 Å². The van der Waals surface area contributed by atoms with Gasteiger partial charge in [0, 0.05) is 74.1 Å². The minimum Gasteiger partial charge on any atom is -0.485 e. The Bertz CT molecular complexity index is 3740. The van der Waals surface area contributed by atoms with Gasteiger partial charge >= 0.3 is 15.6 Å². The number of carbonyl (C=O) groups is 4. The molecule has 4 saturated heterocycles. The SMILES string of the molecule is CC1(C)Oc2ccc(C#N)cc2[C@@H](N2CCCC2=O)[C@@H]1O.CC1(C)Oc2ccc(C#N)cc2[C@@H](N2CCCC2=O)[C@@H]1OP(=O)(O)O.CC1(C)Oc2ccc(C#N)cc2[C@@H](N2CCCC2=O)[C@@H]1OP(=O)(O)O[C@H]1[C@H](N2CCCC2=O)c2cc(C#N)ccc2OC1(C)C. The van der Waals surface area contributed by atoms with Crippen LogP contribution in [0.15, 0.2) is 72.8 Å². The molecule has 27 heteroatoms. The van der Waals surface area contributed by atoms with E-state index in [0.29, 0.717) is 133 Å². The van der Waals surface area contributed by atoms with Gasteiger partial charge in [-0.25, -0.2) is 9.13 Å². The van der Waals surface area contributed by atoms with Crippen LogP contribution in [0.2, 0.25) is 0 Å². The van der Waals surface area contributed by atoms with Crippen molar-refractivity contribution < 1.29 is 80.6 Å². The molecular weight excluding hydrogens is 1210 g/mol. The first-order valence-electron chi connectivity index (χ1n) is 30.0. The summed E-state index contributed by atoms with van der Waals surface area (Å²) in [5, 5.41) is 48.1. The third kappa shape index (κ3) is 13.3. The summed E-state index contributed by atoms with van der Waals surface area (Å²) in [6.07, 6.45) is -0.113. The number of hydrogen-bond acceptors (Lipinski definition) is 18. The highest BCUT2D eigenvalue weighted by Gasteiger charge is 2.57.